The number of aromatic carboxylic acids is 1. The van der Waals surface area contributed by atoms with Crippen LogP contribution in [0.15, 0.2) is 82.6 Å². The van der Waals surface area contributed by atoms with Crippen molar-refractivity contribution in [2.24, 2.45) is 10.8 Å². The van der Waals surface area contributed by atoms with E-state index in [0.717, 1.165) is 0 Å². The van der Waals surface area contributed by atoms with Crippen molar-refractivity contribution in [2.75, 3.05) is 26.9 Å². The van der Waals surface area contributed by atoms with E-state index in [2.05, 4.69) is 33.9 Å². The Balaban J connectivity index is 0.000000274. The Bertz CT molecular complexity index is 3130. The molecule has 2 atom stereocenters. The highest BCUT2D eigenvalue weighted by Crippen LogP contribution is 2.41. The lowest BCUT2D eigenvalue weighted by Crippen LogP contribution is -2.43. The molecule has 0 saturated carbocycles. The summed E-state index contributed by atoms with van der Waals surface area (Å²) in [5.74, 6) is -3.53. The van der Waals surface area contributed by atoms with Crippen molar-refractivity contribution >= 4 is 65.3 Å². The van der Waals surface area contributed by atoms with Crippen LogP contribution < -0.4 is 15.6 Å². The summed E-state index contributed by atoms with van der Waals surface area (Å²) in [7, 11) is -0.707. The van der Waals surface area contributed by atoms with Gasteiger partial charge in [-0.15, -0.1) is 0 Å². The van der Waals surface area contributed by atoms with E-state index in [1.807, 2.05) is 41.5 Å². The second kappa shape index (κ2) is 22.3. The smallest absolute Gasteiger partial charge is 0.343 e. The van der Waals surface area contributed by atoms with Crippen LogP contribution in [0.25, 0.3) is 21.8 Å². The molecule has 6 rings (SSSR count). The molecule has 4 aromatic carbocycles. The molecule has 0 fully saturated rings. The maximum Gasteiger partial charge on any atom is 0.343 e. The van der Waals surface area contributed by atoms with E-state index in [9.17, 15) is 38.2 Å². The molecule has 11 nitrogen and oxygen atoms in total. The minimum atomic E-state index is -2.17. The Labute approximate surface area is 429 Å². The average Bonchev–Trinajstić information content (AvgIpc) is 3.27. The zero-order valence-electron chi connectivity index (χ0n) is 43.2. The minimum absolute atomic E-state index is 0.0197. The quantitative estimate of drug-likeness (QED) is 0.0804. The SMILES string of the molecule is CCOC(=O)c1cn([C@H](CO[Si](C)(C)C(C)(C)C)C(C)(C)C)c2cc(F)c(Cc3cccc(Cl)c3F)cc2c1=O.COc1cc2c(cc1Cc1cccc(Cl)c1F)c(=O)c(C(=O)O)cn2[C@H](CO)C(C)(C)C. The van der Waals surface area contributed by atoms with Gasteiger partial charge in [0.15, 0.2) is 8.32 Å². The summed E-state index contributed by atoms with van der Waals surface area (Å²) in [6.45, 7) is 24.4. The van der Waals surface area contributed by atoms with E-state index in [0.29, 0.717) is 34.5 Å². The van der Waals surface area contributed by atoms with Gasteiger partial charge >= 0.3 is 11.9 Å². The first-order valence-corrected chi connectivity index (χ1v) is 27.2. The number of aliphatic hydroxyl groups is 1. The molecule has 6 aromatic rings. The van der Waals surface area contributed by atoms with Crippen LogP contribution >= 0.6 is 23.2 Å². The molecule has 0 aliphatic rings. The third-order valence-electron chi connectivity index (χ3n) is 13.4. The van der Waals surface area contributed by atoms with E-state index in [-0.39, 0.29) is 74.6 Å². The Morgan fingerprint density at radius 1 is 0.708 bits per heavy atom. The Morgan fingerprint density at radius 2 is 1.18 bits per heavy atom. The van der Waals surface area contributed by atoms with Crippen LogP contribution in [0.4, 0.5) is 13.2 Å². The monoisotopic (exact) mass is 1050 g/mol. The number of nitrogens with zero attached hydrogens (tertiary/aromatic N) is 2. The van der Waals surface area contributed by atoms with Crippen LogP contribution in [0.2, 0.25) is 28.2 Å². The topological polar surface area (TPSA) is 146 Å². The standard InChI is InChI=1S/C31H40ClF2NO4Si.C24H25ClFNO5/c1-10-38-29(37)22-17-35(26(30(2,3)4)18-39-40(8,9)31(5,6)7)25-16-24(33)20(15-21(25)28(22)36)14-19-12-11-13-23(32)27(19)34;1-24(2,3)20(12-28)27-11-16(23(30)31)22(29)15-9-14(19(32-4)10-18(15)27)8-13-6-5-7-17(25)21(13)26/h11-13,15-17,26H,10,14,18H2,1-9H3;5-7,9-11,20,28H,8,12H2,1-4H3,(H,30,31)/t26-;20-/m11/s1. The number of pyridine rings is 2. The molecule has 0 aliphatic carbocycles. The number of aromatic nitrogens is 2. The number of carbonyl (C=O) groups excluding carboxylic acids is 1. The van der Waals surface area contributed by atoms with Gasteiger partial charge in [0.2, 0.25) is 10.9 Å². The lowest BCUT2D eigenvalue weighted by Gasteiger charge is -2.40. The Hall–Kier alpha value is -5.45. The van der Waals surface area contributed by atoms with Gasteiger partial charge in [0.05, 0.1) is 60.1 Å². The Kier molecular flexibility index (Phi) is 17.8. The maximum atomic E-state index is 15.6. The van der Waals surface area contributed by atoms with Crippen molar-refractivity contribution in [3.8, 4) is 5.75 Å². The molecule has 2 aromatic heterocycles. The molecule has 0 amide bonds. The highest BCUT2D eigenvalue weighted by atomic mass is 35.5. The molecule has 17 heteroatoms. The Morgan fingerprint density at radius 3 is 1.65 bits per heavy atom. The summed E-state index contributed by atoms with van der Waals surface area (Å²) in [6.07, 6.45) is 2.69. The molecule has 0 bridgehead atoms. The van der Waals surface area contributed by atoms with Gasteiger partial charge in [0.25, 0.3) is 0 Å². The molecule has 72 heavy (non-hydrogen) atoms. The fourth-order valence-corrected chi connectivity index (χ4v) is 9.53. The van der Waals surface area contributed by atoms with Gasteiger partial charge in [-0.25, -0.2) is 22.8 Å². The largest absolute Gasteiger partial charge is 0.496 e. The second-order valence-corrected chi connectivity index (χ2v) is 27.1. The van der Waals surface area contributed by atoms with Gasteiger partial charge in [0, 0.05) is 42.1 Å². The minimum Gasteiger partial charge on any atom is -0.496 e. The molecule has 0 spiro atoms. The fraction of sp³-hybridized carbons (Fsp3) is 0.418. The number of hydrogen-bond acceptors (Lipinski definition) is 8. The normalized spacial score (nSPS) is 13.2. The molecule has 388 valence electrons. The van der Waals surface area contributed by atoms with E-state index >= 15 is 4.39 Å². The first-order chi connectivity index (χ1) is 33.4. The predicted octanol–water partition coefficient (Wildman–Crippen LogP) is 13.0. The number of carboxylic acid groups (broad SMARTS) is 1. The highest BCUT2D eigenvalue weighted by molar-refractivity contribution is 6.74. The summed E-state index contributed by atoms with van der Waals surface area (Å²) in [6, 6.07) is 14.1. The zero-order chi connectivity index (χ0) is 54.0. The first kappa shape index (κ1) is 57.4. The number of aliphatic hydroxyl groups excluding tert-OH is 1. The molecular weight excluding hydrogens is 989 g/mol. The van der Waals surface area contributed by atoms with Gasteiger partial charge in [-0.2, -0.15) is 0 Å². The second-order valence-electron chi connectivity index (χ2n) is 21.5. The van der Waals surface area contributed by atoms with Crippen molar-refractivity contribution < 1.29 is 46.9 Å². The number of carboxylic acids is 1. The number of esters is 1. The van der Waals surface area contributed by atoms with Crippen molar-refractivity contribution in [3.05, 3.63) is 154 Å². The lowest BCUT2D eigenvalue weighted by molar-refractivity contribution is 0.0522. The van der Waals surface area contributed by atoms with Gasteiger partial charge < -0.3 is 33.2 Å². The van der Waals surface area contributed by atoms with Crippen LogP contribution in [0.5, 0.6) is 5.75 Å². The van der Waals surface area contributed by atoms with E-state index in [4.69, 9.17) is 37.1 Å². The molecular formula is C55H65Cl2F3N2O9Si. The van der Waals surface area contributed by atoms with Crippen LogP contribution in [-0.2, 0) is 22.0 Å². The first-order valence-electron chi connectivity index (χ1n) is 23.5. The van der Waals surface area contributed by atoms with Crippen LogP contribution in [0.3, 0.4) is 0 Å². The van der Waals surface area contributed by atoms with Crippen molar-refractivity contribution in [1.29, 1.82) is 0 Å². The zero-order valence-corrected chi connectivity index (χ0v) is 45.7. The summed E-state index contributed by atoms with van der Waals surface area (Å²) in [4.78, 5) is 51.3. The summed E-state index contributed by atoms with van der Waals surface area (Å²) in [5.41, 5.74) is -0.765. The lowest BCUT2D eigenvalue weighted by atomic mass is 9.86. The number of carbonyl (C=O) groups is 2. The molecule has 2 N–H and O–H groups in total. The van der Waals surface area contributed by atoms with Crippen molar-refractivity contribution in [1.82, 2.24) is 9.13 Å². The number of halogens is 5. The molecule has 0 radical (unpaired) electrons. The van der Waals surface area contributed by atoms with Crippen LogP contribution in [0, 0.1) is 28.3 Å². The maximum absolute atomic E-state index is 15.6. The van der Waals surface area contributed by atoms with E-state index in [1.165, 1.54) is 55.9 Å². The average molecular weight is 1050 g/mol. The number of ether oxygens (including phenoxy) is 2. The molecule has 0 unspecified atom stereocenters. The van der Waals surface area contributed by atoms with Crippen molar-refractivity contribution in [3.63, 3.8) is 0 Å². The number of rotatable bonds is 14. The van der Waals surface area contributed by atoms with Gasteiger partial charge in [-0.05, 0) is 88.5 Å². The van der Waals surface area contributed by atoms with Crippen LogP contribution in [-0.4, -0.2) is 66.5 Å². The number of benzene rings is 4. The van der Waals surface area contributed by atoms with Gasteiger partial charge in [0.1, 0.15) is 34.3 Å². The predicted molar refractivity (Wildman–Crippen MR) is 281 cm³/mol. The van der Waals surface area contributed by atoms with Crippen LogP contribution in [0.1, 0.15) is 124 Å². The number of fused-ring (bicyclic) bond motifs is 2. The number of hydrogen-bond donors (Lipinski definition) is 2. The van der Waals surface area contributed by atoms with E-state index in [1.54, 1.807) is 40.3 Å². The fourth-order valence-electron chi connectivity index (χ4n) is 8.13. The summed E-state index contributed by atoms with van der Waals surface area (Å²) < 4.78 is 65.4. The van der Waals surface area contributed by atoms with Crippen molar-refractivity contribution in [2.45, 2.75) is 112 Å². The third-order valence-corrected chi connectivity index (χ3v) is 18.5. The van der Waals surface area contributed by atoms with Gasteiger partial charge in [-0.1, -0.05) is 110 Å². The highest BCUT2D eigenvalue weighted by Gasteiger charge is 2.40. The molecule has 0 saturated heterocycles. The summed E-state index contributed by atoms with van der Waals surface area (Å²) >= 11 is 11.8. The molecule has 0 aliphatic heterocycles. The molecule has 2 heterocycles. The van der Waals surface area contributed by atoms with E-state index < -0.39 is 71.0 Å². The van der Waals surface area contributed by atoms with Gasteiger partial charge in [-0.3, -0.25) is 9.59 Å². The third kappa shape index (κ3) is 12.5. The summed E-state index contributed by atoms with van der Waals surface area (Å²) in [5, 5.41) is 19.9. The number of methoxy groups -OCH3 is 1.